The molecule has 5 N–H and O–H groups in total. The number of aliphatic hydroxyl groups is 3. The Labute approximate surface area is 94.7 Å². The lowest BCUT2D eigenvalue weighted by Crippen LogP contribution is -2.60. The molecule has 0 heterocycles. The van der Waals surface area contributed by atoms with Crippen molar-refractivity contribution >= 4 is 5.91 Å². The van der Waals surface area contributed by atoms with Crippen molar-refractivity contribution in [3.63, 3.8) is 0 Å². The molecule has 1 aliphatic rings. The Morgan fingerprint density at radius 3 is 2.19 bits per heavy atom. The summed E-state index contributed by atoms with van der Waals surface area (Å²) < 4.78 is 0. The first-order valence-electron chi connectivity index (χ1n) is 5.47. The average Bonchev–Trinajstić information content (AvgIpc) is 3.09. The molecule has 1 amide bonds. The monoisotopic (exact) mass is 232 g/mol. The van der Waals surface area contributed by atoms with E-state index in [1.165, 1.54) is 0 Å². The zero-order valence-electron chi connectivity index (χ0n) is 9.44. The lowest BCUT2D eigenvalue weighted by molar-refractivity contribution is -0.124. The predicted octanol–water partition coefficient (Wildman–Crippen LogP) is -2.04. The number of hydrogen-bond acceptors (Lipinski definition) is 5. The minimum Gasteiger partial charge on any atom is -0.394 e. The quantitative estimate of drug-likeness (QED) is 0.348. The number of rotatable bonds is 7. The van der Waals surface area contributed by atoms with Crippen molar-refractivity contribution < 1.29 is 20.1 Å². The Kier molecular flexibility index (Phi) is 4.67. The molecule has 0 saturated heterocycles. The van der Waals surface area contributed by atoms with E-state index in [1.807, 2.05) is 0 Å². The van der Waals surface area contributed by atoms with Gasteiger partial charge in [-0.1, -0.05) is 0 Å². The first-order chi connectivity index (χ1) is 7.56. The SMILES string of the molecule is CC(NC(CO)(CO)CO)C(=O)NC1CC1. The van der Waals surface area contributed by atoms with Crippen molar-refractivity contribution in [3.8, 4) is 0 Å². The van der Waals surface area contributed by atoms with Gasteiger partial charge < -0.3 is 20.6 Å². The normalized spacial score (nSPS) is 18.2. The van der Waals surface area contributed by atoms with E-state index in [-0.39, 0.29) is 11.9 Å². The summed E-state index contributed by atoms with van der Waals surface area (Å²) in [5, 5.41) is 32.8. The molecule has 0 aromatic rings. The van der Waals surface area contributed by atoms with Crippen LogP contribution in [0.5, 0.6) is 0 Å². The van der Waals surface area contributed by atoms with Crippen molar-refractivity contribution in [1.29, 1.82) is 0 Å². The standard InChI is InChI=1S/C10H20N2O4/c1-7(9(16)11-8-2-3-8)12-10(4-13,5-14)6-15/h7-8,12-15H,2-6H2,1H3,(H,11,16). The molecule has 1 saturated carbocycles. The Morgan fingerprint density at radius 2 is 1.81 bits per heavy atom. The molecule has 6 nitrogen and oxygen atoms in total. The van der Waals surface area contributed by atoms with E-state index in [0.717, 1.165) is 12.8 Å². The third kappa shape index (κ3) is 3.41. The van der Waals surface area contributed by atoms with Gasteiger partial charge in [-0.25, -0.2) is 0 Å². The number of aliphatic hydroxyl groups excluding tert-OH is 3. The lowest BCUT2D eigenvalue weighted by Gasteiger charge is -2.31. The molecular formula is C10H20N2O4. The summed E-state index contributed by atoms with van der Waals surface area (Å²) in [7, 11) is 0. The predicted molar refractivity (Wildman–Crippen MR) is 57.8 cm³/mol. The van der Waals surface area contributed by atoms with Gasteiger partial charge >= 0.3 is 0 Å². The molecule has 0 bridgehead atoms. The van der Waals surface area contributed by atoms with Crippen molar-refractivity contribution in [2.45, 2.75) is 37.4 Å². The summed E-state index contributed by atoms with van der Waals surface area (Å²) in [6, 6.07) is -0.296. The van der Waals surface area contributed by atoms with Crippen LogP contribution in [0, 0.1) is 0 Å². The highest BCUT2D eigenvalue weighted by Gasteiger charge is 2.33. The van der Waals surface area contributed by atoms with E-state index in [0.29, 0.717) is 0 Å². The molecule has 0 radical (unpaired) electrons. The molecule has 94 valence electrons. The topological polar surface area (TPSA) is 102 Å². The van der Waals surface area contributed by atoms with E-state index in [4.69, 9.17) is 15.3 Å². The average molecular weight is 232 g/mol. The third-order valence-corrected chi connectivity index (χ3v) is 2.75. The van der Waals surface area contributed by atoms with Crippen LogP contribution in [-0.4, -0.2) is 58.7 Å². The third-order valence-electron chi connectivity index (χ3n) is 2.75. The first kappa shape index (κ1) is 13.4. The van der Waals surface area contributed by atoms with Gasteiger partial charge in [-0.05, 0) is 19.8 Å². The van der Waals surface area contributed by atoms with Crippen LogP contribution in [0.15, 0.2) is 0 Å². The Bertz CT molecular complexity index is 231. The molecule has 1 unspecified atom stereocenters. The first-order valence-corrected chi connectivity index (χ1v) is 5.47. The Hall–Kier alpha value is -0.690. The van der Waals surface area contributed by atoms with Crippen LogP contribution in [0.3, 0.4) is 0 Å². The largest absolute Gasteiger partial charge is 0.394 e. The van der Waals surface area contributed by atoms with Crippen molar-refractivity contribution in [2.24, 2.45) is 0 Å². The summed E-state index contributed by atoms with van der Waals surface area (Å²) in [4.78, 5) is 11.6. The summed E-state index contributed by atoms with van der Waals surface area (Å²) >= 11 is 0. The van der Waals surface area contributed by atoms with Crippen LogP contribution >= 0.6 is 0 Å². The maximum Gasteiger partial charge on any atom is 0.237 e. The second-order valence-electron chi connectivity index (χ2n) is 4.40. The number of nitrogens with one attached hydrogen (secondary N) is 2. The van der Waals surface area contributed by atoms with Gasteiger partial charge in [0.1, 0.15) is 0 Å². The van der Waals surface area contributed by atoms with Crippen LogP contribution in [0.2, 0.25) is 0 Å². The number of hydrogen-bond donors (Lipinski definition) is 5. The molecule has 1 atom stereocenters. The molecule has 1 fully saturated rings. The Morgan fingerprint density at radius 1 is 1.31 bits per heavy atom. The van der Waals surface area contributed by atoms with Crippen LogP contribution in [0.25, 0.3) is 0 Å². The Balaban J connectivity index is 2.45. The van der Waals surface area contributed by atoms with Gasteiger partial charge in [0.15, 0.2) is 0 Å². The van der Waals surface area contributed by atoms with Gasteiger partial charge in [0.25, 0.3) is 0 Å². The van der Waals surface area contributed by atoms with E-state index >= 15 is 0 Å². The van der Waals surface area contributed by atoms with Crippen LogP contribution in [0.1, 0.15) is 19.8 Å². The molecule has 1 rings (SSSR count). The summed E-state index contributed by atoms with van der Waals surface area (Å²) in [6.07, 6.45) is 2.01. The van der Waals surface area contributed by atoms with Crippen molar-refractivity contribution in [1.82, 2.24) is 10.6 Å². The fourth-order valence-corrected chi connectivity index (χ4v) is 1.37. The minimum atomic E-state index is -1.21. The van der Waals surface area contributed by atoms with Gasteiger partial charge in [-0.2, -0.15) is 0 Å². The zero-order valence-corrected chi connectivity index (χ0v) is 9.44. The molecule has 16 heavy (non-hydrogen) atoms. The minimum absolute atomic E-state index is 0.178. The van der Waals surface area contributed by atoms with Crippen LogP contribution in [-0.2, 0) is 4.79 Å². The molecule has 0 spiro atoms. The van der Waals surface area contributed by atoms with E-state index in [9.17, 15) is 4.79 Å². The number of carbonyl (C=O) groups excluding carboxylic acids is 1. The van der Waals surface area contributed by atoms with Gasteiger partial charge in [0.2, 0.25) is 5.91 Å². The summed E-state index contributed by atoms with van der Waals surface area (Å²) in [5.41, 5.74) is -1.21. The van der Waals surface area contributed by atoms with Crippen LogP contribution < -0.4 is 10.6 Å². The highest BCUT2D eigenvalue weighted by Crippen LogP contribution is 2.18. The van der Waals surface area contributed by atoms with E-state index < -0.39 is 31.4 Å². The second kappa shape index (κ2) is 5.58. The lowest BCUT2D eigenvalue weighted by atomic mass is 10.0. The highest BCUT2D eigenvalue weighted by atomic mass is 16.3. The maximum atomic E-state index is 11.6. The maximum absolute atomic E-state index is 11.6. The van der Waals surface area contributed by atoms with E-state index in [1.54, 1.807) is 6.92 Å². The molecule has 0 aromatic carbocycles. The smallest absolute Gasteiger partial charge is 0.237 e. The van der Waals surface area contributed by atoms with E-state index in [2.05, 4.69) is 10.6 Å². The number of amides is 1. The molecular weight excluding hydrogens is 212 g/mol. The molecule has 1 aliphatic carbocycles. The van der Waals surface area contributed by atoms with Gasteiger partial charge in [0, 0.05) is 6.04 Å². The van der Waals surface area contributed by atoms with Gasteiger partial charge in [-0.15, -0.1) is 0 Å². The van der Waals surface area contributed by atoms with Crippen LogP contribution in [0.4, 0.5) is 0 Å². The summed E-state index contributed by atoms with van der Waals surface area (Å²) in [5.74, 6) is -0.178. The zero-order chi connectivity index (χ0) is 12.2. The highest BCUT2D eigenvalue weighted by molar-refractivity contribution is 5.81. The summed E-state index contributed by atoms with van der Waals surface area (Å²) in [6.45, 7) is 0.344. The molecule has 6 heteroatoms. The molecule has 0 aromatic heterocycles. The fourth-order valence-electron chi connectivity index (χ4n) is 1.37. The van der Waals surface area contributed by atoms with Crippen molar-refractivity contribution in [2.75, 3.05) is 19.8 Å². The van der Waals surface area contributed by atoms with Crippen molar-refractivity contribution in [3.05, 3.63) is 0 Å². The molecule has 0 aliphatic heterocycles. The van der Waals surface area contributed by atoms with Gasteiger partial charge in [0.05, 0.1) is 31.4 Å². The van der Waals surface area contributed by atoms with Gasteiger partial charge in [-0.3, -0.25) is 10.1 Å². The fraction of sp³-hybridized carbons (Fsp3) is 0.900. The number of carbonyl (C=O) groups is 1. The second-order valence-corrected chi connectivity index (χ2v) is 4.40.